The van der Waals surface area contributed by atoms with E-state index in [0.29, 0.717) is 31.7 Å². The number of amides is 1. The molecule has 2 heterocycles. The molecule has 0 spiro atoms. The van der Waals surface area contributed by atoms with Crippen molar-refractivity contribution in [3.8, 4) is 0 Å². The lowest BCUT2D eigenvalue weighted by Gasteiger charge is -2.34. The van der Waals surface area contributed by atoms with Gasteiger partial charge in [0.05, 0.1) is 0 Å². The molecule has 0 radical (unpaired) electrons. The highest BCUT2D eigenvalue weighted by Gasteiger charge is 2.24. The van der Waals surface area contributed by atoms with E-state index >= 15 is 0 Å². The van der Waals surface area contributed by atoms with E-state index in [1.807, 2.05) is 29.2 Å². The molecule has 1 saturated heterocycles. The zero-order valence-electron chi connectivity index (χ0n) is 19.8. The second-order valence-electron chi connectivity index (χ2n) is 9.30. The molecule has 1 unspecified atom stereocenters. The SMILES string of the molecule is O=C(CCCn1c(=O)cc(Nc2ccc3c(c2)CCC3)[nH]c1=O)N1CCNC(c2ccccc2)C1. The van der Waals surface area contributed by atoms with Gasteiger partial charge in [0.15, 0.2) is 0 Å². The van der Waals surface area contributed by atoms with E-state index in [4.69, 9.17) is 0 Å². The number of anilines is 2. The molecule has 1 aliphatic heterocycles. The third kappa shape index (κ3) is 5.38. The summed E-state index contributed by atoms with van der Waals surface area (Å²) in [5.41, 5.74) is 3.85. The van der Waals surface area contributed by atoms with Gasteiger partial charge in [-0.25, -0.2) is 4.79 Å². The number of aryl methyl sites for hydroxylation is 2. The molecular weight excluding hydrogens is 442 g/mol. The Balaban J connectivity index is 1.17. The Kier molecular flexibility index (Phi) is 6.81. The molecule has 3 aromatic rings. The average Bonchev–Trinajstić information content (AvgIpc) is 3.34. The summed E-state index contributed by atoms with van der Waals surface area (Å²) < 4.78 is 1.16. The normalized spacial score (nSPS) is 17.3. The van der Waals surface area contributed by atoms with E-state index in [2.05, 4.69) is 39.9 Å². The van der Waals surface area contributed by atoms with Crippen molar-refractivity contribution in [1.82, 2.24) is 19.8 Å². The molecule has 1 fully saturated rings. The highest BCUT2D eigenvalue weighted by molar-refractivity contribution is 5.76. The van der Waals surface area contributed by atoms with E-state index in [9.17, 15) is 14.4 Å². The van der Waals surface area contributed by atoms with Crippen molar-refractivity contribution >= 4 is 17.4 Å². The van der Waals surface area contributed by atoms with Crippen molar-refractivity contribution in [3.63, 3.8) is 0 Å². The minimum absolute atomic E-state index is 0.0480. The predicted octanol–water partition coefficient (Wildman–Crippen LogP) is 2.72. The number of rotatable bonds is 7. The summed E-state index contributed by atoms with van der Waals surface area (Å²) in [5, 5.41) is 6.60. The van der Waals surface area contributed by atoms with Crippen LogP contribution < -0.4 is 21.9 Å². The summed E-state index contributed by atoms with van der Waals surface area (Å²) in [6.07, 6.45) is 4.05. The number of aromatic amines is 1. The predicted molar refractivity (Wildman–Crippen MR) is 136 cm³/mol. The molecular formula is C27H31N5O3. The summed E-state index contributed by atoms with van der Waals surface area (Å²) in [7, 11) is 0. The number of H-pyrrole nitrogens is 1. The lowest BCUT2D eigenvalue weighted by molar-refractivity contribution is -0.132. The van der Waals surface area contributed by atoms with Gasteiger partial charge in [-0.2, -0.15) is 0 Å². The number of hydrogen-bond acceptors (Lipinski definition) is 5. The molecule has 0 bridgehead atoms. The van der Waals surface area contributed by atoms with Gasteiger partial charge in [0.2, 0.25) is 5.91 Å². The Morgan fingerprint density at radius 3 is 2.69 bits per heavy atom. The van der Waals surface area contributed by atoms with Crippen LogP contribution >= 0.6 is 0 Å². The largest absolute Gasteiger partial charge is 0.342 e. The van der Waals surface area contributed by atoms with Gasteiger partial charge in [0, 0.05) is 50.4 Å². The number of nitrogens with zero attached hydrogens (tertiary/aromatic N) is 2. The Labute approximate surface area is 204 Å². The van der Waals surface area contributed by atoms with E-state index in [0.717, 1.165) is 41.6 Å². The van der Waals surface area contributed by atoms with Gasteiger partial charge in [-0.05, 0) is 54.5 Å². The zero-order chi connectivity index (χ0) is 24.2. The first-order valence-electron chi connectivity index (χ1n) is 12.4. The highest BCUT2D eigenvalue weighted by atomic mass is 16.2. The smallest absolute Gasteiger partial charge is 0.329 e. The van der Waals surface area contributed by atoms with E-state index in [1.165, 1.54) is 17.2 Å². The van der Waals surface area contributed by atoms with Gasteiger partial charge in [0.25, 0.3) is 5.56 Å². The number of carbonyl (C=O) groups is 1. The van der Waals surface area contributed by atoms with Crippen LogP contribution in [0.15, 0.2) is 64.2 Å². The van der Waals surface area contributed by atoms with Crippen LogP contribution in [0.4, 0.5) is 11.5 Å². The van der Waals surface area contributed by atoms with Crippen LogP contribution in [0.25, 0.3) is 0 Å². The van der Waals surface area contributed by atoms with Crippen molar-refractivity contribution in [1.29, 1.82) is 0 Å². The van der Waals surface area contributed by atoms with Crippen molar-refractivity contribution in [2.45, 2.75) is 44.7 Å². The molecule has 8 nitrogen and oxygen atoms in total. The Morgan fingerprint density at radius 2 is 1.86 bits per heavy atom. The maximum atomic E-state index is 12.8. The molecule has 1 atom stereocenters. The number of piperazine rings is 1. The molecule has 2 aliphatic rings. The van der Waals surface area contributed by atoms with Crippen molar-refractivity contribution < 1.29 is 4.79 Å². The topological polar surface area (TPSA) is 99.2 Å². The standard InChI is InChI=1S/C27H31N5O3/c33-25(31-15-13-28-23(18-31)20-6-2-1-3-7-20)10-5-14-32-26(34)17-24(30-27(32)35)29-22-12-11-19-8-4-9-21(19)16-22/h1-3,6-7,11-12,16-17,23,28-29H,4-5,8-10,13-15,18H2,(H,30,35). The molecule has 1 aliphatic carbocycles. The van der Waals surface area contributed by atoms with Gasteiger partial charge >= 0.3 is 5.69 Å². The fourth-order valence-corrected chi connectivity index (χ4v) is 5.04. The lowest BCUT2D eigenvalue weighted by atomic mass is 10.0. The molecule has 182 valence electrons. The number of benzene rings is 2. The van der Waals surface area contributed by atoms with Gasteiger partial charge < -0.3 is 15.5 Å². The minimum Gasteiger partial charge on any atom is -0.342 e. The first-order valence-corrected chi connectivity index (χ1v) is 12.4. The molecule has 1 amide bonds. The monoisotopic (exact) mass is 473 g/mol. The van der Waals surface area contributed by atoms with Crippen LogP contribution in [-0.2, 0) is 24.2 Å². The van der Waals surface area contributed by atoms with Crippen LogP contribution in [0.2, 0.25) is 0 Å². The molecule has 5 rings (SSSR count). The van der Waals surface area contributed by atoms with Crippen LogP contribution in [0.3, 0.4) is 0 Å². The minimum atomic E-state index is -0.472. The van der Waals surface area contributed by atoms with E-state index in [1.54, 1.807) is 0 Å². The average molecular weight is 474 g/mol. The molecule has 8 heteroatoms. The first kappa shape index (κ1) is 23.1. The summed E-state index contributed by atoms with van der Waals surface area (Å²) >= 11 is 0. The molecule has 2 aromatic carbocycles. The maximum Gasteiger partial charge on any atom is 0.329 e. The summed E-state index contributed by atoms with van der Waals surface area (Å²) in [5.74, 6) is 0.421. The van der Waals surface area contributed by atoms with E-state index < -0.39 is 5.69 Å². The van der Waals surface area contributed by atoms with Crippen LogP contribution in [-0.4, -0.2) is 40.0 Å². The zero-order valence-corrected chi connectivity index (χ0v) is 19.8. The van der Waals surface area contributed by atoms with Crippen LogP contribution in [0, 0.1) is 0 Å². The fraction of sp³-hybridized carbons (Fsp3) is 0.370. The molecule has 3 N–H and O–H groups in total. The number of hydrogen-bond donors (Lipinski definition) is 3. The third-order valence-electron chi connectivity index (χ3n) is 6.90. The number of aromatic nitrogens is 2. The van der Waals surface area contributed by atoms with Crippen molar-refractivity contribution in [2.24, 2.45) is 0 Å². The summed E-state index contributed by atoms with van der Waals surface area (Å²) in [4.78, 5) is 42.6. The van der Waals surface area contributed by atoms with Gasteiger partial charge in [-0.1, -0.05) is 36.4 Å². The maximum absolute atomic E-state index is 12.8. The van der Waals surface area contributed by atoms with E-state index in [-0.39, 0.29) is 24.1 Å². The third-order valence-corrected chi connectivity index (χ3v) is 6.90. The van der Waals surface area contributed by atoms with Crippen molar-refractivity contribution in [2.75, 3.05) is 25.0 Å². The molecule has 0 saturated carbocycles. The first-order chi connectivity index (χ1) is 17.1. The number of nitrogens with one attached hydrogen (secondary N) is 3. The number of fused-ring (bicyclic) bond motifs is 1. The molecule has 35 heavy (non-hydrogen) atoms. The van der Waals surface area contributed by atoms with Gasteiger partial charge in [0.1, 0.15) is 5.82 Å². The van der Waals surface area contributed by atoms with Gasteiger partial charge in [-0.3, -0.25) is 19.1 Å². The fourth-order valence-electron chi connectivity index (χ4n) is 5.04. The summed E-state index contributed by atoms with van der Waals surface area (Å²) in [6, 6.07) is 17.8. The summed E-state index contributed by atoms with van der Waals surface area (Å²) in [6.45, 7) is 2.22. The lowest BCUT2D eigenvalue weighted by Crippen LogP contribution is -2.48. The van der Waals surface area contributed by atoms with Crippen LogP contribution in [0.1, 0.15) is 42.0 Å². The Morgan fingerprint density at radius 1 is 1.03 bits per heavy atom. The Bertz CT molecular complexity index is 1280. The van der Waals surface area contributed by atoms with Crippen LogP contribution in [0.5, 0.6) is 0 Å². The van der Waals surface area contributed by atoms with Crippen molar-refractivity contribution in [3.05, 3.63) is 92.1 Å². The molecule has 1 aromatic heterocycles. The van der Waals surface area contributed by atoms with Gasteiger partial charge in [-0.15, -0.1) is 0 Å². The highest BCUT2D eigenvalue weighted by Crippen LogP contribution is 2.26. The second-order valence-corrected chi connectivity index (χ2v) is 9.30. The Hall–Kier alpha value is -3.65. The second kappa shape index (κ2) is 10.3. The number of carbonyl (C=O) groups excluding carboxylic acids is 1. The quantitative estimate of drug-likeness (QED) is 0.490.